The molecule has 1 unspecified atom stereocenters. The number of nitrogens with one attached hydrogen (secondary N) is 1. The monoisotopic (exact) mass is 401 g/mol. The van der Waals surface area contributed by atoms with Crippen LogP contribution in [-0.4, -0.2) is 34.2 Å². The number of aryl methyl sites for hydroxylation is 2. The Morgan fingerprint density at radius 3 is 2.63 bits per heavy atom. The fourth-order valence-electron chi connectivity index (χ4n) is 2.62. The summed E-state index contributed by atoms with van der Waals surface area (Å²) in [5, 5.41) is 3.50. The first-order chi connectivity index (χ1) is 12.8. The van der Waals surface area contributed by atoms with E-state index in [0.717, 1.165) is 22.5 Å². The topological polar surface area (TPSA) is 61.8 Å². The van der Waals surface area contributed by atoms with Crippen molar-refractivity contribution in [2.45, 2.75) is 25.5 Å². The maximum Gasteiger partial charge on any atom is 0.242 e. The SMILES string of the molecule is Cc1ccc(NC(=O)CC2SC(=Nc3cc(Cl)ccc3C)N(C)C2=O)cc1. The molecule has 0 bridgehead atoms. The third kappa shape index (κ3) is 4.70. The summed E-state index contributed by atoms with van der Waals surface area (Å²) < 4.78 is 0. The molecule has 2 amide bonds. The number of carbonyl (C=O) groups is 2. The number of anilines is 1. The quantitative estimate of drug-likeness (QED) is 0.817. The molecule has 2 aromatic rings. The predicted octanol–water partition coefficient (Wildman–Crippen LogP) is 4.55. The molecule has 140 valence electrons. The Bertz CT molecular complexity index is 912. The van der Waals surface area contributed by atoms with Crippen molar-refractivity contribution in [3.8, 4) is 0 Å². The van der Waals surface area contributed by atoms with E-state index in [2.05, 4.69) is 10.3 Å². The minimum absolute atomic E-state index is 0.0925. The molecule has 1 fully saturated rings. The summed E-state index contributed by atoms with van der Waals surface area (Å²) in [6.07, 6.45) is 0.0925. The van der Waals surface area contributed by atoms with E-state index in [-0.39, 0.29) is 18.2 Å². The lowest BCUT2D eigenvalue weighted by Gasteiger charge is -2.10. The van der Waals surface area contributed by atoms with Gasteiger partial charge in [-0.05, 0) is 43.7 Å². The molecule has 3 rings (SSSR count). The Morgan fingerprint density at radius 1 is 1.22 bits per heavy atom. The highest BCUT2D eigenvalue weighted by molar-refractivity contribution is 8.15. The summed E-state index contributed by atoms with van der Waals surface area (Å²) in [5.74, 6) is -0.323. The largest absolute Gasteiger partial charge is 0.326 e. The average molecular weight is 402 g/mol. The lowest BCUT2D eigenvalue weighted by molar-refractivity contribution is -0.127. The van der Waals surface area contributed by atoms with Gasteiger partial charge in [0.05, 0.1) is 5.69 Å². The van der Waals surface area contributed by atoms with Crippen molar-refractivity contribution in [1.29, 1.82) is 0 Å². The minimum atomic E-state index is -0.487. The van der Waals surface area contributed by atoms with Gasteiger partial charge in [-0.2, -0.15) is 0 Å². The number of benzene rings is 2. The molecule has 1 aliphatic rings. The lowest BCUT2D eigenvalue weighted by Crippen LogP contribution is -2.30. The van der Waals surface area contributed by atoms with E-state index in [1.807, 2.05) is 44.2 Å². The molecular weight excluding hydrogens is 382 g/mol. The molecular formula is C20H20ClN3O2S. The number of nitrogens with zero attached hydrogens (tertiary/aromatic N) is 2. The van der Waals surface area contributed by atoms with E-state index in [9.17, 15) is 9.59 Å². The number of hydrogen-bond donors (Lipinski definition) is 1. The van der Waals surface area contributed by atoms with Gasteiger partial charge in [0.15, 0.2) is 5.17 Å². The van der Waals surface area contributed by atoms with Crippen LogP contribution in [0.5, 0.6) is 0 Å². The van der Waals surface area contributed by atoms with E-state index in [0.29, 0.717) is 10.2 Å². The van der Waals surface area contributed by atoms with Crippen molar-refractivity contribution < 1.29 is 9.59 Å². The van der Waals surface area contributed by atoms with Gasteiger partial charge in [-0.3, -0.25) is 14.5 Å². The molecule has 1 saturated heterocycles. The van der Waals surface area contributed by atoms with Gasteiger partial charge >= 0.3 is 0 Å². The summed E-state index contributed by atoms with van der Waals surface area (Å²) in [6.45, 7) is 3.92. The molecule has 0 radical (unpaired) electrons. The molecule has 2 aromatic carbocycles. The average Bonchev–Trinajstić information content (AvgIpc) is 2.88. The van der Waals surface area contributed by atoms with Crippen molar-refractivity contribution in [3.63, 3.8) is 0 Å². The molecule has 5 nitrogen and oxygen atoms in total. The van der Waals surface area contributed by atoms with Crippen LogP contribution in [0.4, 0.5) is 11.4 Å². The number of amidine groups is 1. The highest BCUT2D eigenvalue weighted by atomic mass is 35.5. The van der Waals surface area contributed by atoms with Gasteiger partial charge in [0.25, 0.3) is 0 Å². The number of aliphatic imine (C=N–C) groups is 1. The fraction of sp³-hybridized carbons (Fsp3) is 0.250. The highest BCUT2D eigenvalue weighted by Gasteiger charge is 2.37. The molecule has 1 aliphatic heterocycles. The molecule has 1 heterocycles. The van der Waals surface area contributed by atoms with Crippen LogP contribution in [0.25, 0.3) is 0 Å². The van der Waals surface area contributed by atoms with Crippen LogP contribution in [0, 0.1) is 13.8 Å². The Balaban J connectivity index is 1.70. The van der Waals surface area contributed by atoms with Crippen LogP contribution in [0.3, 0.4) is 0 Å². The molecule has 1 atom stereocenters. The summed E-state index contributed by atoms with van der Waals surface area (Å²) in [5.41, 5.74) is 3.52. The second kappa shape index (κ2) is 8.15. The molecule has 0 aromatic heterocycles. The lowest BCUT2D eigenvalue weighted by atomic mass is 10.2. The van der Waals surface area contributed by atoms with Crippen molar-refractivity contribution in [1.82, 2.24) is 4.90 Å². The van der Waals surface area contributed by atoms with Crippen LogP contribution >= 0.6 is 23.4 Å². The van der Waals surface area contributed by atoms with Gasteiger partial charge in [-0.1, -0.05) is 47.1 Å². The third-order valence-electron chi connectivity index (χ3n) is 4.23. The van der Waals surface area contributed by atoms with E-state index in [1.165, 1.54) is 16.7 Å². The number of rotatable bonds is 4. The first-order valence-electron chi connectivity index (χ1n) is 8.49. The Labute approximate surface area is 167 Å². The molecule has 0 spiro atoms. The molecule has 1 N–H and O–H groups in total. The second-order valence-electron chi connectivity index (χ2n) is 6.45. The van der Waals surface area contributed by atoms with Crippen LogP contribution in [0.15, 0.2) is 47.5 Å². The Hall–Kier alpha value is -2.31. The highest BCUT2D eigenvalue weighted by Crippen LogP contribution is 2.32. The van der Waals surface area contributed by atoms with E-state index < -0.39 is 5.25 Å². The van der Waals surface area contributed by atoms with Gasteiger partial charge in [-0.25, -0.2) is 4.99 Å². The summed E-state index contributed by atoms with van der Waals surface area (Å²) in [7, 11) is 1.67. The number of amides is 2. The van der Waals surface area contributed by atoms with Gasteiger partial charge in [0, 0.05) is 24.2 Å². The first kappa shape index (κ1) is 19.5. The molecule has 0 aliphatic carbocycles. The molecule has 7 heteroatoms. The second-order valence-corrected chi connectivity index (χ2v) is 8.05. The van der Waals surface area contributed by atoms with E-state index in [1.54, 1.807) is 19.2 Å². The number of thioether (sulfide) groups is 1. The predicted molar refractivity (Wildman–Crippen MR) is 112 cm³/mol. The maximum atomic E-state index is 12.5. The first-order valence-corrected chi connectivity index (χ1v) is 9.75. The minimum Gasteiger partial charge on any atom is -0.326 e. The number of carbonyl (C=O) groups excluding carboxylic acids is 2. The van der Waals surface area contributed by atoms with Crippen LogP contribution in [0.2, 0.25) is 5.02 Å². The molecule has 27 heavy (non-hydrogen) atoms. The van der Waals surface area contributed by atoms with Gasteiger partial charge in [0.2, 0.25) is 11.8 Å². The standard InChI is InChI=1S/C20H20ClN3O2S/c1-12-4-8-15(9-5-12)22-18(25)11-17-19(26)24(3)20(27-17)23-16-10-14(21)7-6-13(16)2/h4-10,17H,11H2,1-3H3,(H,22,25). The normalized spacial score (nSPS) is 18.2. The van der Waals surface area contributed by atoms with E-state index >= 15 is 0 Å². The van der Waals surface area contributed by atoms with Crippen LogP contribution < -0.4 is 5.32 Å². The third-order valence-corrected chi connectivity index (χ3v) is 5.70. The maximum absolute atomic E-state index is 12.5. The van der Waals surface area contributed by atoms with Gasteiger partial charge in [0.1, 0.15) is 5.25 Å². The van der Waals surface area contributed by atoms with Crippen LogP contribution in [0.1, 0.15) is 17.5 Å². The zero-order valence-corrected chi connectivity index (χ0v) is 16.9. The zero-order valence-electron chi connectivity index (χ0n) is 15.3. The fourth-order valence-corrected chi connectivity index (χ4v) is 3.93. The van der Waals surface area contributed by atoms with Gasteiger partial charge < -0.3 is 5.32 Å². The Morgan fingerprint density at radius 2 is 1.93 bits per heavy atom. The van der Waals surface area contributed by atoms with Crippen LogP contribution in [-0.2, 0) is 9.59 Å². The number of hydrogen-bond acceptors (Lipinski definition) is 4. The smallest absolute Gasteiger partial charge is 0.242 e. The summed E-state index contributed by atoms with van der Waals surface area (Å²) in [4.78, 5) is 30.9. The van der Waals surface area contributed by atoms with Crippen molar-refractivity contribution >= 4 is 51.7 Å². The summed E-state index contributed by atoms with van der Waals surface area (Å²) in [6, 6.07) is 13.0. The molecule has 0 saturated carbocycles. The zero-order chi connectivity index (χ0) is 19.6. The number of halogens is 1. The van der Waals surface area contributed by atoms with Crippen molar-refractivity contribution in [3.05, 3.63) is 58.6 Å². The Kier molecular flexibility index (Phi) is 5.87. The van der Waals surface area contributed by atoms with E-state index in [4.69, 9.17) is 11.6 Å². The van der Waals surface area contributed by atoms with Gasteiger partial charge in [-0.15, -0.1) is 0 Å². The summed E-state index contributed by atoms with van der Waals surface area (Å²) >= 11 is 7.34. The van der Waals surface area contributed by atoms with Crippen molar-refractivity contribution in [2.24, 2.45) is 4.99 Å². The van der Waals surface area contributed by atoms with Crippen molar-refractivity contribution in [2.75, 3.05) is 12.4 Å².